The summed E-state index contributed by atoms with van der Waals surface area (Å²) < 4.78 is 1.79. The first-order chi connectivity index (χ1) is 7.52. The summed E-state index contributed by atoms with van der Waals surface area (Å²) in [5.41, 5.74) is 2.06. The summed E-state index contributed by atoms with van der Waals surface area (Å²) in [5.74, 6) is 0. The molecule has 0 amide bonds. The Hall–Kier alpha value is -1.07. The molecule has 2 N–H and O–H groups in total. The number of nitrogens with zero attached hydrogens (tertiary/aromatic N) is 3. The first kappa shape index (κ1) is 13.0. The van der Waals surface area contributed by atoms with Crippen molar-refractivity contribution in [1.29, 1.82) is 0 Å². The number of aryl methyl sites for hydroxylation is 2. The van der Waals surface area contributed by atoms with E-state index < -0.39 is 0 Å². The lowest BCUT2D eigenvalue weighted by Gasteiger charge is -2.16. The molecular weight excluding hydrogens is 204 g/mol. The fourth-order valence-corrected chi connectivity index (χ4v) is 1.66. The van der Waals surface area contributed by atoms with Crippen LogP contribution in [0.3, 0.4) is 0 Å². The smallest absolute Gasteiger partial charge is 0.0853 e. The molecule has 5 nitrogen and oxygen atoms in total. The van der Waals surface area contributed by atoms with Gasteiger partial charge in [0.1, 0.15) is 0 Å². The van der Waals surface area contributed by atoms with Gasteiger partial charge in [0.2, 0.25) is 0 Å². The van der Waals surface area contributed by atoms with E-state index in [1.54, 1.807) is 4.68 Å². The summed E-state index contributed by atoms with van der Waals surface area (Å²) in [6.45, 7) is 3.29. The molecule has 0 saturated heterocycles. The van der Waals surface area contributed by atoms with Crippen molar-refractivity contribution in [3.63, 3.8) is 0 Å². The average molecular weight is 226 g/mol. The van der Waals surface area contributed by atoms with Crippen LogP contribution in [-0.4, -0.2) is 53.1 Å². The summed E-state index contributed by atoms with van der Waals surface area (Å²) in [6.07, 6.45) is 2.48. The number of likely N-dealkylation sites (N-methyl/N-ethyl adjacent to an activating group) is 1. The lowest BCUT2D eigenvalue weighted by Crippen LogP contribution is -2.31. The maximum absolute atomic E-state index is 9.72. The van der Waals surface area contributed by atoms with Crippen LogP contribution in [0.25, 0.3) is 0 Å². The maximum Gasteiger partial charge on any atom is 0.0853 e. The first-order valence-corrected chi connectivity index (χ1v) is 5.62. The molecule has 0 aliphatic heterocycles. The number of aliphatic hydroxyl groups excluding tert-OH is 1. The van der Waals surface area contributed by atoms with Crippen LogP contribution in [0.1, 0.15) is 12.6 Å². The van der Waals surface area contributed by atoms with Crippen molar-refractivity contribution in [2.75, 3.05) is 32.5 Å². The Kier molecular flexibility index (Phi) is 4.76. The molecule has 1 rings (SSSR count). The number of hydrogen-bond acceptors (Lipinski definition) is 4. The molecule has 0 aromatic carbocycles. The molecule has 1 unspecified atom stereocenters. The molecule has 1 atom stereocenters. The van der Waals surface area contributed by atoms with Gasteiger partial charge in [-0.15, -0.1) is 0 Å². The Morgan fingerprint density at radius 3 is 2.81 bits per heavy atom. The van der Waals surface area contributed by atoms with Crippen molar-refractivity contribution in [3.05, 3.63) is 11.9 Å². The molecule has 0 aliphatic rings. The van der Waals surface area contributed by atoms with Crippen LogP contribution in [0.4, 0.5) is 5.69 Å². The zero-order valence-electron chi connectivity index (χ0n) is 10.6. The molecule has 0 spiro atoms. The predicted molar refractivity (Wildman–Crippen MR) is 65.6 cm³/mol. The highest BCUT2D eigenvalue weighted by Crippen LogP contribution is 2.13. The van der Waals surface area contributed by atoms with Gasteiger partial charge >= 0.3 is 0 Å². The standard InChI is InChI=1S/C11H22N4O/c1-5-10-11(8-15(4)13-10)12-6-9(16)7-14(2)3/h8-9,12,16H,5-7H2,1-4H3. The number of nitrogens with one attached hydrogen (secondary N) is 1. The van der Waals surface area contributed by atoms with Crippen LogP contribution in [-0.2, 0) is 13.5 Å². The van der Waals surface area contributed by atoms with Crippen molar-refractivity contribution in [1.82, 2.24) is 14.7 Å². The van der Waals surface area contributed by atoms with Crippen molar-refractivity contribution in [3.8, 4) is 0 Å². The van der Waals surface area contributed by atoms with Crippen molar-refractivity contribution in [2.45, 2.75) is 19.4 Å². The van der Waals surface area contributed by atoms with Gasteiger partial charge in [-0.1, -0.05) is 6.92 Å². The van der Waals surface area contributed by atoms with Gasteiger partial charge in [0.25, 0.3) is 0 Å². The van der Waals surface area contributed by atoms with Crippen LogP contribution in [0.5, 0.6) is 0 Å². The van der Waals surface area contributed by atoms with E-state index in [4.69, 9.17) is 0 Å². The van der Waals surface area contributed by atoms with E-state index in [0.717, 1.165) is 17.8 Å². The predicted octanol–water partition coefficient (Wildman–Crippen LogP) is 0.317. The van der Waals surface area contributed by atoms with Crippen LogP contribution in [0.15, 0.2) is 6.20 Å². The van der Waals surface area contributed by atoms with E-state index in [9.17, 15) is 5.11 Å². The van der Waals surface area contributed by atoms with Gasteiger partial charge in [-0.3, -0.25) is 4.68 Å². The summed E-state index contributed by atoms with van der Waals surface area (Å²) in [6, 6.07) is 0. The third-order valence-corrected chi connectivity index (χ3v) is 2.34. The molecule has 0 radical (unpaired) electrons. The van der Waals surface area contributed by atoms with Crippen molar-refractivity contribution >= 4 is 5.69 Å². The van der Waals surface area contributed by atoms with Gasteiger partial charge in [0, 0.05) is 26.3 Å². The highest BCUT2D eigenvalue weighted by Gasteiger charge is 2.09. The van der Waals surface area contributed by atoms with Crippen LogP contribution < -0.4 is 5.32 Å². The molecule has 0 saturated carbocycles. The fraction of sp³-hybridized carbons (Fsp3) is 0.727. The topological polar surface area (TPSA) is 53.3 Å². The van der Waals surface area contributed by atoms with Crippen molar-refractivity contribution < 1.29 is 5.11 Å². The fourth-order valence-electron chi connectivity index (χ4n) is 1.66. The van der Waals surface area contributed by atoms with E-state index in [1.807, 2.05) is 32.2 Å². The summed E-state index contributed by atoms with van der Waals surface area (Å²) in [7, 11) is 5.80. The Bertz CT molecular complexity index is 322. The molecule has 1 aromatic heterocycles. The van der Waals surface area contributed by atoms with E-state index >= 15 is 0 Å². The molecule has 0 aliphatic carbocycles. The number of anilines is 1. The lowest BCUT2D eigenvalue weighted by molar-refractivity contribution is 0.148. The van der Waals surface area contributed by atoms with Crippen LogP contribution in [0.2, 0.25) is 0 Å². The number of aromatic nitrogens is 2. The number of aliphatic hydroxyl groups is 1. The average Bonchev–Trinajstić information content (AvgIpc) is 2.55. The monoisotopic (exact) mass is 226 g/mol. The minimum Gasteiger partial charge on any atom is -0.390 e. The SMILES string of the molecule is CCc1nn(C)cc1NCC(O)CN(C)C. The quantitative estimate of drug-likeness (QED) is 0.733. The van der Waals surface area contributed by atoms with Gasteiger partial charge in [0.15, 0.2) is 0 Å². The van der Waals surface area contributed by atoms with Gasteiger partial charge in [-0.25, -0.2) is 0 Å². The summed E-state index contributed by atoms with van der Waals surface area (Å²) >= 11 is 0. The lowest BCUT2D eigenvalue weighted by atomic mass is 10.3. The molecule has 1 heterocycles. The normalized spacial score (nSPS) is 13.1. The first-order valence-electron chi connectivity index (χ1n) is 5.62. The van der Waals surface area contributed by atoms with E-state index in [0.29, 0.717) is 13.1 Å². The summed E-state index contributed by atoms with van der Waals surface area (Å²) in [5, 5.41) is 17.3. The number of hydrogen-bond donors (Lipinski definition) is 2. The molecule has 0 bridgehead atoms. The van der Waals surface area contributed by atoms with E-state index in [-0.39, 0.29) is 6.10 Å². The Morgan fingerprint density at radius 1 is 1.56 bits per heavy atom. The minimum absolute atomic E-state index is 0.361. The van der Waals surface area contributed by atoms with Gasteiger partial charge in [-0.05, 0) is 20.5 Å². The van der Waals surface area contributed by atoms with E-state index in [2.05, 4.69) is 17.3 Å². The third-order valence-electron chi connectivity index (χ3n) is 2.34. The zero-order chi connectivity index (χ0) is 12.1. The van der Waals surface area contributed by atoms with Crippen molar-refractivity contribution in [2.24, 2.45) is 7.05 Å². The van der Waals surface area contributed by atoms with Gasteiger partial charge in [-0.2, -0.15) is 5.10 Å². The Morgan fingerprint density at radius 2 is 2.25 bits per heavy atom. The third kappa shape index (κ3) is 3.83. The molecular formula is C11H22N4O. The highest BCUT2D eigenvalue weighted by atomic mass is 16.3. The second-order valence-corrected chi connectivity index (χ2v) is 4.31. The zero-order valence-corrected chi connectivity index (χ0v) is 10.6. The largest absolute Gasteiger partial charge is 0.390 e. The maximum atomic E-state index is 9.72. The van der Waals surface area contributed by atoms with Gasteiger partial charge in [0.05, 0.1) is 17.5 Å². The minimum atomic E-state index is -0.361. The van der Waals surface area contributed by atoms with Gasteiger partial charge < -0.3 is 15.3 Å². The second-order valence-electron chi connectivity index (χ2n) is 4.31. The second kappa shape index (κ2) is 5.86. The Labute approximate surface area is 97.1 Å². The molecule has 0 fully saturated rings. The molecule has 92 valence electrons. The molecule has 1 aromatic rings. The summed E-state index contributed by atoms with van der Waals surface area (Å²) in [4.78, 5) is 1.97. The highest BCUT2D eigenvalue weighted by molar-refractivity contribution is 5.46. The molecule has 16 heavy (non-hydrogen) atoms. The molecule has 5 heteroatoms. The number of rotatable bonds is 6. The Balaban J connectivity index is 2.47. The van der Waals surface area contributed by atoms with Crippen LogP contribution in [0, 0.1) is 0 Å². The van der Waals surface area contributed by atoms with E-state index in [1.165, 1.54) is 0 Å². The van der Waals surface area contributed by atoms with Crippen LogP contribution >= 0.6 is 0 Å².